The maximum absolute atomic E-state index is 5.16. The van der Waals surface area contributed by atoms with E-state index in [0.717, 1.165) is 48.1 Å². The van der Waals surface area contributed by atoms with Crippen LogP contribution >= 0.6 is 0 Å². The highest BCUT2D eigenvalue weighted by Crippen LogP contribution is 2.30. The summed E-state index contributed by atoms with van der Waals surface area (Å²) in [5.41, 5.74) is 5.62. The third kappa shape index (κ3) is 3.22. The van der Waals surface area contributed by atoms with Gasteiger partial charge in [-0.15, -0.1) is 0 Å². The van der Waals surface area contributed by atoms with Crippen molar-refractivity contribution in [2.24, 2.45) is 0 Å². The molecule has 6 heteroatoms. The first-order chi connectivity index (χ1) is 11.1. The summed E-state index contributed by atoms with van der Waals surface area (Å²) in [6.45, 7) is 7.48. The lowest BCUT2D eigenvalue weighted by Gasteiger charge is -2.19. The van der Waals surface area contributed by atoms with Gasteiger partial charge in [0.25, 0.3) is 0 Å². The summed E-state index contributed by atoms with van der Waals surface area (Å²) >= 11 is 0. The number of nitrogens with one attached hydrogen (secondary N) is 1. The number of aryl methyl sites for hydroxylation is 3. The zero-order valence-electron chi connectivity index (χ0n) is 14.4. The molecule has 1 aliphatic rings. The molecule has 0 saturated carbocycles. The minimum absolute atomic E-state index is 0.656. The summed E-state index contributed by atoms with van der Waals surface area (Å²) in [5.74, 6) is 1.78. The molecule has 0 aromatic carbocycles. The largest absolute Gasteiger partial charge is 0.383 e. The number of aromatic nitrogens is 4. The number of ether oxygens (including phenoxy) is 1. The van der Waals surface area contributed by atoms with Crippen LogP contribution in [0.4, 0.5) is 11.5 Å². The molecule has 1 aliphatic carbocycles. The molecule has 0 spiro atoms. The van der Waals surface area contributed by atoms with Gasteiger partial charge in [0.05, 0.1) is 30.2 Å². The van der Waals surface area contributed by atoms with Crippen LogP contribution in [0.5, 0.6) is 0 Å². The van der Waals surface area contributed by atoms with Crippen LogP contribution in [-0.2, 0) is 24.1 Å². The molecule has 0 unspecified atom stereocenters. The molecule has 1 N–H and O–H groups in total. The Morgan fingerprint density at radius 3 is 2.70 bits per heavy atom. The maximum Gasteiger partial charge on any atom is 0.137 e. The molecule has 6 nitrogen and oxygen atoms in total. The highest BCUT2D eigenvalue weighted by molar-refractivity contribution is 5.64. The minimum atomic E-state index is 0.656. The van der Waals surface area contributed by atoms with E-state index in [1.165, 1.54) is 24.1 Å². The van der Waals surface area contributed by atoms with Crippen molar-refractivity contribution >= 4 is 11.5 Å². The molecule has 2 aromatic rings. The lowest BCUT2D eigenvalue weighted by Crippen LogP contribution is -2.12. The van der Waals surface area contributed by atoms with Crippen molar-refractivity contribution in [1.29, 1.82) is 0 Å². The van der Waals surface area contributed by atoms with Gasteiger partial charge in [-0.1, -0.05) is 0 Å². The van der Waals surface area contributed by atoms with Crippen molar-refractivity contribution in [1.82, 2.24) is 19.7 Å². The van der Waals surface area contributed by atoms with E-state index in [4.69, 9.17) is 4.74 Å². The summed E-state index contributed by atoms with van der Waals surface area (Å²) in [4.78, 5) is 9.27. The predicted octanol–water partition coefficient (Wildman–Crippen LogP) is 2.87. The van der Waals surface area contributed by atoms with E-state index < -0.39 is 0 Å². The normalized spacial score (nSPS) is 13.9. The van der Waals surface area contributed by atoms with Crippen LogP contribution < -0.4 is 5.32 Å². The molecule has 0 bridgehead atoms. The second-order valence-corrected chi connectivity index (χ2v) is 6.14. The number of nitrogens with zero attached hydrogens (tertiary/aromatic N) is 4. The van der Waals surface area contributed by atoms with Gasteiger partial charge >= 0.3 is 0 Å². The van der Waals surface area contributed by atoms with Gasteiger partial charge in [-0.25, -0.2) is 9.97 Å². The Morgan fingerprint density at radius 1 is 1.13 bits per heavy atom. The molecule has 0 aliphatic heterocycles. The summed E-state index contributed by atoms with van der Waals surface area (Å²) in [6.07, 6.45) is 4.53. The van der Waals surface area contributed by atoms with Crippen molar-refractivity contribution < 1.29 is 4.74 Å². The van der Waals surface area contributed by atoms with Crippen LogP contribution in [0.15, 0.2) is 0 Å². The van der Waals surface area contributed by atoms with Gasteiger partial charge in [0.2, 0.25) is 0 Å². The number of fused-ring (bicyclic) bond motifs is 1. The second kappa shape index (κ2) is 6.66. The van der Waals surface area contributed by atoms with Gasteiger partial charge in [-0.2, -0.15) is 5.10 Å². The Morgan fingerprint density at radius 2 is 1.91 bits per heavy atom. The van der Waals surface area contributed by atoms with Crippen molar-refractivity contribution in [3.05, 3.63) is 28.5 Å². The van der Waals surface area contributed by atoms with E-state index in [1.807, 2.05) is 18.5 Å². The van der Waals surface area contributed by atoms with E-state index in [1.54, 1.807) is 7.11 Å². The first-order valence-electron chi connectivity index (χ1n) is 8.26. The van der Waals surface area contributed by atoms with Crippen LogP contribution in [0.2, 0.25) is 0 Å². The van der Waals surface area contributed by atoms with E-state index in [0.29, 0.717) is 6.61 Å². The van der Waals surface area contributed by atoms with E-state index in [9.17, 15) is 0 Å². The molecular weight excluding hydrogens is 290 g/mol. The van der Waals surface area contributed by atoms with Gasteiger partial charge in [0.1, 0.15) is 11.6 Å². The molecule has 2 heterocycles. The van der Waals surface area contributed by atoms with Crippen molar-refractivity contribution in [3.8, 4) is 0 Å². The smallest absolute Gasteiger partial charge is 0.137 e. The van der Waals surface area contributed by atoms with Gasteiger partial charge in [-0.05, 0) is 46.5 Å². The van der Waals surface area contributed by atoms with E-state index in [-0.39, 0.29) is 0 Å². The van der Waals surface area contributed by atoms with E-state index in [2.05, 4.69) is 27.3 Å². The molecule has 0 saturated heterocycles. The molecular formula is C17H25N5O. The molecule has 23 heavy (non-hydrogen) atoms. The molecule has 2 aromatic heterocycles. The maximum atomic E-state index is 5.16. The summed E-state index contributed by atoms with van der Waals surface area (Å²) in [7, 11) is 1.71. The van der Waals surface area contributed by atoms with Crippen molar-refractivity contribution in [2.45, 2.75) is 53.0 Å². The minimum Gasteiger partial charge on any atom is -0.383 e. The van der Waals surface area contributed by atoms with Gasteiger partial charge in [-0.3, -0.25) is 4.68 Å². The summed E-state index contributed by atoms with van der Waals surface area (Å²) in [6, 6.07) is 0. The Kier molecular flexibility index (Phi) is 4.61. The third-order valence-electron chi connectivity index (χ3n) is 4.43. The molecule has 0 amide bonds. The predicted molar refractivity (Wildman–Crippen MR) is 90.3 cm³/mol. The van der Waals surface area contributed by atoms with Gasteiger partial charge < -0.3 is 10.1 Å². The Bertz CT molecular complexity index is 707. The Hall–Kier alpha value is -1.95. The van der Waals surface area contributed by atoms with Gasteiger partial charge in [0.15, 0.2) is 0 Å². The highest BCUT2D eigenvalue weighted by atomic mass is 16.5. The SMILES string of the molecule is COCCn1nc(C)c(Nc2nc(C)nc3c2CCCC3)c1C. The monoisotopic (exact) mass is 315 g/mol. The molecule has 3 rings (SSSR count). The number of anilines is 2. The first kappa shape index (κ1) is 15.9. The zero-order chi connectivity index (χ0) is 16.4. The molecule has 0 fully saturated rings. The number of rotatable bonds is 5. The van der Waals surface area contributed by atoms with Crippen LogP contribution in [0.25, 0.3) is 0 Å². The average Bonchev–Trinajstić information content (AvgIpc) is 2.80. The number of hydrogen-bond donors (Lipinski definition) is 1. The lowest BCUT2D eigenvalue weighted by atomic mass is 9.96. The Labute approximate surface area is 137 Å². The average molecular weight is 315 g/mol. The fourth-order valence-corrected chi connectivity index (χ4v) is 3.21. The number of methoxy groups -OCH3 is 1. The third-order valence-corrected chi connectivity index (χ3v) is 4.43. The molecule has 0 radical (unpaired) electrons. The van der Waals surface area contributed by atoms with Crippen molar-refractivity contribution in [3.63, 3.8) is 0 Å². The first-order valence-corrected chi connectivity index (χ1v) is 8.26. The fourth-order valence-electron chi connectivity index (χ4n) is 3.21. The molecule has 0 atom stereocenters. The Balaban J connectivity index is 1.93. The van der Waals surface area contributed by atoms with Crippen LogP contribution in [0, 0.1) is 20.8 Å². The van der Waals surface area contributed by atoms with Crippen LogP contribution in [0.3, 0.4) is 0 Å². The fraction of sp³-hybridized carbons (Fsp3) is 0.588. The number of hydrogen-bond acceptors (Lipinski definition) is 5. The highest BCUT2D eigenvalue weighted by Gasteiger charge is 2.19. The lowest BCUT2D eigenvalue weighted by molar-refractivity contribution is 0.182. The zero-order valence-corrected chi connectivity index (χ0v) is 14.4. The summed E-state index contributed by atoms with van der Waals surface area (Å²) < 4.78 is 7.14. The van der Waals surface area contributed by atoms with E-state index >= 15 is 0 Å². The second-order valence-electron chi connectivity index (χ2n) is 6.14. The van der Waals surface area contributed by atoms with Crippen LogP contribution in [0.1, 0.15) is 41.3 Å². The quantitative estimate of drug-likeness (QED) is 0.919. The standard InChI is InChI=1S/C17H25N5O/c1-11-16(12(2)22(21-11)9-10-23-4)20-17-14-7-5-6-8-15(14)18-13(3)19-17/h5-10H2,1-4H3,(H,18,19,20). The molecule has 124 valence electrons. The summed E-state index contributed by atoms with van der Waals surface area (Å²) in [5, 5.41) is 8.14. The van der Waals surface area contributed by atoms with Gasteiger partial charge in [0, 0.05) is 18.4 Å². The van der Waals surface area contributed by atoms with Crippen LogP contribution in [-0.4, -0.2) is 33.5 Å². The van der Waals surface area contributed by atoms with Crippen molar-refractivity contribution in [2.75, 3.05) is 19.0 Å². The topological polar surface area (TPSA) is 64.9 Å².